The van der Waals surface area contributed by atoms with Crippen LogP contribution in [0.1, 0.15) is 83.1 Å². The summed E-state index contributed by atoms with van der Waals surface area (Å²) in [5.74, 6) is 1.76. The van der Waals surface area contributed by atoms with Crippen LogP contribution in [0.2, 0.25) is 0 Å². The van der Waals surface area contributed by atoms with Gasteiger partial charge in [-0.1, -0.05) is 13.8 Å². The van der Waals surface area contributed by atoms with Gasteiger partial charge in [0.15, 0.2) is 0 Å². The molecule has 0 radical (unpaired) electrons. The predicted molar refractivity (Wildman–Crippen MR) is 107 cm³/mol. The van der Waals surface area contributed by atoms with E-state index in [1.807, 2.05) is 6.07 Å². The van der Waals surface area contributed by atoms with Crippen molar-refractivity contribution < 1.29 is 14.6 Å². The Morgan fingerprint density at radius 3 is 2.57 bits per heavy atom. The zero-order valence-electron chi connectivity index (χ0n) is 17.2. The van der Waals surface area contributed by atoms with Crippen LogP contribution < -0.4 is 5.63 Å². The molecule has 2 unspecified atom stereocenters. The molecular formula is C24H34O4. The third kappa shape index (κ3) is 2.40. The summed E-state index contributed by atoms with van der Waals surface area (Å²) in [5, 5.41) is 22.4. The van der Waals surface area contributed by atoms with Gasteiger partial charge in [0, 0.05) is 11.5 Å². The Labute approximate surface area is 167 Å². The molecule has 1 heterocycles. The highest BCUT2D eigenvalue weighted by Crippen LogP contribution is 2.70. The van der Waals surface area contributed by atoms with E-state index in [1.165, 1.54) is 12.5 Å². The fraction of sp³-hybridized carbons (Fsp3) is 0.792. The molecule has 154 valence electrons. The summed E-state index contributed by atoms with van der Waals surface area (Å²) in [6, 6.07) is 3.42. The highest BCUT2D eigenvalue weighted by Gasteiger charge is 2.67. The molecule has 2 N–H and O–H groups in total. The molecule has 4 fully saturated rings. The summed E-state index contributed by atoms with van der Waals surface area (Å²) in [6.07, 6.45) is 10.7. The van der Waals surface area contributed by atoms with E-state index in [-0.39, 0.29) is 28.5 Å². The standard InChI is InChI=1S/C24H34O4/c1-22-10-7-17(25)13-16(22)4-5-20-19(22)8-11-23(2)18(9-12-24(20,23)27)15-3-6-21(26)28-14-15/h3,6,14,16-20,25,27H,4-5,7-13H2,1-2H3/t16-,17?,18?,19-,20-,22+,23-,24+/m1/s1. The van der Waals surface area contributed by atoms with Gasteiger partial charge in [-0.25, -0.2) is 4.79 Å². The van der Waals surface area contributed by atoms with Crippen molar-refractivity contribution in [1.82, 2.24) is 0 Å². The van der Waals surface area contributed by atoms with Crippen molar-refractivity contribution in [3.05, 3.63) is 34.4 Å². The molecule has 0 aromatic carbocycles. The largest absolute Gasteiger partial charge is 0.431 e. The van der Waals surface area contributed by atoms with Crippen molar-refractivity contribution in [2.75, 3.05) is 0 Å². The lowest BCUT2D eigenvalue weighted by molar-refractivity contribution is -0.205. The van der Waals surface area contributed by atoms with E-state index in [0.717, 1.165) is 56.9 Å². The second kappa shape index (κ2) is 6.18. The Kier molecular flexibility index (Phi) is 4.17. The molecule has 4 saturated carbocycles. The normalized spacial score (nSPS) is 50.5. The summed E-state index contributed by atoms with van der Waals surface area (Å²) < 4.78 is 5.17. The van der Waals surface area contributed by atoms with E-state index in [2.05, 4.69) is 13.8 Å². The molecule has 1 aromatic rings. The molecule has 1 aromatic heterocycles. The van der Waals surface area contributed by atoms with Crippen LogP contribution in [0.15, 0.2) is 27.6 Å². The molecule has 4 aliphatic carbocycles. The van der Waals surface area contributed by atoms with Gasteiger partial charge in [-0.2, -0.15) is 0 Å². The molecule has 0 spiro atoms. The smallest absolute Gasteiger partial charge is 0.335 e. The average molecular weight is 387 g/mol. The number of hydrogen-bond donors (Lipinski definition) is 2. The van der Waals surface area contributed by atoms with Gasteiger partial charge in [-0.15, -0.1) is 0 Å². The molecule has 4 heteroatoms. The van der Waals surface area contributed by atoms with Gasteiger partial charge in [0.25, 0.3) is 0 Å². The zero-order chi connectivity index (χ0) is 19.7. The average Bonchev–Trinajstić information content (AvgIpc) is 2.95. The van der Waals surface area contributed by atoms with E-state index >= 15 is 0 Å². The Balaban J connectivity index is 1.48. The first-order chi connectivity index (χ1) is 13.3. The number of rotatable bonds is 1. The number of hydrogen-bond acceptors (Lipinski definition) is 4. The van der Waals surface area contributed by atoms with Crippen LogP contribution in [-0.4, -0.2) is 21.9 Å². The monoisotopic (exact) mass is 386 g/mol. The lowest BCUT2D eigenvalue weighted by atomic mass is 9.43. The Morgan fingerprint density at radius 1 is 1.00 bits per heavy atom. The highest BCUT2D eigenvalue weighted by atomic mass is 16.4. The first kappa shape index (κ1) is 18.9. The molecule has 0 bridgehead atoms. The van der Waals surface area contributed by atoms with E-state index in [1.54, 1.807) is 6.26 Å². The Bertz CT molecular complexity index is 797. The summed E-state index contributed by atoms with van der Waals surface area (Å²) in [6.45, 7) is 4.73. The topological polar surface area (TPSA) is 70.7 Å². The van der Waals surface area contributed by atoms with E-state index < -0.39 is 5.60 Å². The molecule has 28 heavy (non-hydrogen) atoms. The van der Waals surface area contributed by atoms with Gasteiger partial charge in [0.05, 0.1) is 18.0 Å². The Hall–Kier alpha value is -1.13. The van der Waals surface area contributed by atoms with Gasteiger partial charge in [0.1, 0.15) is 0 Å². The maximum Gasteiger partial charge on any atom is 0.335 e. The minimum Gasteiger partial charge on any atom is -0.431 e. The van der Waals surface area contributed by atoms with Gasteiger partial charge in [-0.05, 0) is 98.5 Å². The molecule has 0 amide bonds. The molecule has 0 aliphatic heterocycles. The minimum absolute atomic E-state index is 0.129. The van der Waals surface area contributed by atoms with Crippen molar-refractivity contribution in [2.24, 2.45) is 28.6 Å². The molecule has 5 rings (SSSR count). The fourth-order valence-electron chi connectivity index (χ4n) is 8.30. The number of fused-ring (bicyclic) bond motifs is 5. The van der Waals surface area contributed by atoms with Crippen molar-refractivity contribution in [2.45, 2.75) is 89.3 Å². The Morgan fingerprint density at radius 2 is 1.82 bits per heavy atom. The summed E-state index contributed by atoms with van der Waals surface area (Å²) in [7, 11) is 0. The molecule has 4 aliphatic rings. The maximum atomic E-state index is 12.2. The summed E-state index contributed by atoms with van der Waals surface area (Å²) >= 11 is 0. The zero-order valence-corrected chi connectivity index (χ0v) is 17.2. The third-order valence-electron chi connectivity index (χ3n) is 9.95. The third-order valence-corrected chi connectivity index (χ3v) is 9.95. The highest BCUT2D eigenvalue weighted by molar-refractivity contribution is 5.27. The second-order valence-electron chi connectivity index (χ2n) is 10.8. The molecule has 8 atom stereocenters. The predicted octanol–water partition coefficient (Wildman–Crippen LogP) is 4.24. The van der Waals surface area contributed by atoms with E-state index in [9.17, 15) is 15.0 Å². The van der Waals surface area contributed by atoms with E-state index in [0.29, 0.717) is 17.8 Å². The van der Waals surface area contributed by atoms with Gasteiger partial charge in [0.2, 0.25) is 0 Å². The first-order valence-corrected chi connectivity index (χ1v) is 11.3. The molecule has 4 nitrogen and oxygen atoms in total. The van der Waals surface area contributed by atoms with Crippen LogP contribution >= 0.6 is 0 Å². The van der Waals surface area contributed by atoms with Crippen molar-refractivity contribution in [1.29, 1.82) is 0 Å². The summed E-state index contributed by atoms with van der Waals surface area (Å²) in [5.41, 5.74) is 0.219. The number of aliphatic hydroxyl groups excluding tert-OH is 1. The van der Waals surface area contributed by atoms with Crippen molar-refractivity contribution in [3.8, 4) is 0 Å². The quantitative estimate of drug-likeness (QED) is 0.757. The van der Waals surface area contributed by atoms with Gasteiger partial charge in [-0.3, -0.25) is 0 Å². The fourth-order valence-corrected chi connectivity index (χ4v) is 8.30. The molecular weight excluding hydrogens is 352 g/mol. The van der Waals surface area contributed by atoms with Gasteiger partial charge >= 0.3 is 5.63 Å². The van der Waals surface area contributed by atoms with Gasteiger partial charge < -0.3 is 14.6 Å². The first-order valence-electron chi connectivity index (χ1n) is 11.3. The summed E-state index contributed by atoms with van der Waals surface area (Å²) in [4.78, 5) is 11.4. The van der Waals surface area contributed by atoms with Crippen LogP contribution in [0.25, 0.3) is 0 Å². The maximum absolute atomic E-state index is 12.2. The van der Waals surface area contributed by atoms with Crippen molar-refractivity contribution >= 4 is 0 Å². The van der Waals surface area contributed by atoms with Crippen LogP contribution in [0.3, 0.4) is 0 Å². The van der Waals surface area contributed by atoms with Crippen LogP contribution in [0.5, 0.6) is 0 Å². The lowest BCUT2D eigenvalue weighted by Crippen LogP contribution is -2.62. The van der Waals surface area contributed by atoms with Crippen LogP contribution in [-0.2, 0) is 0 Å². The lowest BCUT2D eigenvalue weighted by Gasteiger charge is -2.63. The second-order valence-corrected chi connectivity index (χ2v) is 10.8. The van der Waals surface area contributed by atoms with E-state index in [4.69, 9.17) is 4.42 Å². The molecule has 0 saturated heterocycles. The number of aliphatic hydroxyl groups is 2. The van der Waals surface area contributed by atoms with Crippen LogP contribution in [0.4, 0.5) is 0 Å². The SMILES string of the molecule is C[C@]12CCC(O)C[C@H]1CC[C@@H]1[C@H]2CC[C@]2(C)C(c3ccc(=O)oc3)CC[C@]12O. The minimum atomic E-state index is -0.638. The van der Waals surface area contributed by atoms with Crippen molar-refractivity contribution in [3.63, 3.8) is 0 Å². The van der Waals surface area contributed by atoms with Crippen LogP contribution in [0, 0.1) is 28.6 Å².